The number of rotatable bonds is 9. The molecular weight excluding hydrogens is 310 g/mol. The summed E-state index contributed by atoms with van der Waals surface area (Å²) in [4.78, 5) is 9.87. The fourth-order valence-electron chi connectivity index (χ4n) is 1.86. The highest BCUT2D eigenvalue weighted by molar-refractivity contribution is 7.98. The van der Waals surface area contributed by atoms with Gasteiger partial charge in [-0.15, -0.1) is 0 Å². The van der Waals surface area contributed by atoms with Gasteiger partial charge in [0, 0.05) is 19.3 Å². The average molecular weight is 329 g/mol. The minimum absolute atomic E-state index is 0.383. The summed E-state index contributed by atoms with van der Waals surface area (Å²) in [5.74, 6) is 3.46. The first-order valence-corrected chi connectivity index (χ1v) is 8.01. The lowest BCUT2D eigenvalue weighted by Crippen LogP contribution is -2.26. The molecule has 1 aliphatic rings. The molecule has 1 aromatic rings. The second kappa shape index (κ2) is 8.66. The van der Waals surface area contributed by atoms with Crippen molar-refractivity contribution in [2.75, 3.05) is 32.6 Å². The zero-order valence-corrected chi connectivity index (χ0v) is 13.1. The van der Waals surface area contributed by atoms with Crippen LogP contribution >= 0.6 is 11.8 Å². The van der Waals surface area contributed by atoms with Crippen LogP contribution in [0.15, 0.2) is 28.6 Å². The van der Waals surface area contributed by atoms with Crippen molar-refractivity contribution in [2.45, 2.75) is 12.0 Å². The van der Waals surface area contributed by atoms with Crippen molar-refractivity contribution in [3.63, 3.8) is 0 Å². The molecule has 1 aromatic heterocycles. The van der Waals surface area contributed by atoms with E-state index < -0.39 is 4.92 Å². The Hall–Kier alpha value is -1.71. The first kappa shape index (κ1) is 16.7. The lowest BCUT2D eigenvalue weighted by Gasteiger charge is -2.07. The third kappa shape index (κ3) is 5.24. The van der Waals surface area contributed by atoms with Crippen LogP contribution in [0.4, 0.5) is 0 Å². The molecule has 22 heavy (non-hydrogen) atoms. The highest BCUT2D eigenvalue weighted by Gasteiger charge is 2.21. The van der Waals surface area contributed by atoms with Crippen molar-refractivity contribution < 1.29 is 18.8 Å². The average Bonchev–Trinajstić information content (AvgIpc) is 3.16. The molecule has 0 atom stereocenters. The number of hydrogen-bond acceptors (Lipinski definition) is 8. The standard InChI is InChI=1S/C13H19N3O5S/c1-14-12(8-16(17)18)15-4-7-22-9-10-2-3-11(21-10)13-19-5-6-20-13/h2-3,8,13-15H,4-7,9H2,1H3. The molecule has 8 nitrogen and oxygen atoms in total. The minimum atomic E-state index is -0.497. The van der Waals surface area contributed by atoms with E-state index in [2.05, 4.69) is 10.6 Å². The molecule has 1 aliphatic heterocycles. The maximum Gasteiger partial charge on any atom is 0.274 e. The van der Waals surface area contributed by atoms with Gasteiger partial charge in [-0.3, -0.25) is 10.1 Å². The van der Waals surface area contributed by atoms with Gasteiger partial charge in [-0.1, -0.05) is 0 Å². The van der Waals surface area contributed by atoms with Crippen LogP contribution < -0.4 is 10.6 Å². The van der Waals surface area contributed by atoms with E-state index in [0.29, 0.717) is 31.3 Å². The molecule has 0 unspecified atom stereocenters. The SMILES string of the molecule is CNC(=C[N+](=O)[O-])NCCSCc1ccc(C2OCCO2)o1. The van der Waals surface area contributed by atoms with E-state index in [1.165, 1.54) is 0 Å². The predicted molar refractivity (Wildman–Crippen MR) is 81.7 cm³/mol. The summed E-state index contributed by atoms with van der Waals surface area (Å²) in [7, 11) is 1.63. The zero-order valence-electron chi connectivity index (χ0n) is 12.2. The van der Waals surface area contributed by atoms with Crippen LogP contribution in [0.5, 0.6) is 0 Å². The van der Waals surface area contributed by atoms with Gasteiger partial charge in [0.2, 0.25) is 6.29 Å². The number of nitrogens with zero attached hydrogens (tertiary/aromatic N) is 1. The van der Waals surface area contributed by atoms with Crippen LogP contribution in [0, 0.1) is 10.1 Å². The van der Waals surface area contributed by atoms with E-state index in [4.69, 9.17) is 13.9 Å². The van der Waals surface area contributed by atoms with Crippen LogP contribution in [0.1, 0.15) is 17.8 Å². The van der Waals surface area contributed by atoms with Crippen LogP contribution in [0.2, 0.25) is 0 Å². The van der Waals surface area contributed by atoms with Crippen LogP contribution in [0.25, 0.3) is 0 Å². The highest BCUT2D eigenvalue weighted by atomic mass is 32.2. The number of nitro groups is 1. The van der Waals surface area contributed by atoms with Gasteiger partial charge in [-0.2, -0.15) is 11.8 Å². The molecule has 0 aromatic carbocycles. The van der Waals surface area contributed by atoms with Gasteiger partial charge in [0.05, 0.1) is 23.9 Å². The number of ether oxygens (including phenoxy) is 2. The van der Waals surface area contributed by atoms with Crippen LogP contribution in [0.3, 0.4) is 0 Å². The second-order valence-electron chi connectivity index (χ2n) is 4.44. The maximum atomic E-state index is 10.4. The summed E-state index contributed by atoms with van der Waals surface area (Å²) < 4.78 is 16.4. The van der Waals surface area contributed by atoms with E-state index >= 15 is 0 Å². The Balaban J connectivity index is 1.65. The molecule has 1 saturated heterocycles. The van der Waals surface area contributed by atoms with Gasteiger partial charge in [0.25, 0.3) is 6.20 Å². The fourth-order valence-corrected chi connectivity index (χ4v) is 2.60. The highest BCUT2D eigenvalue weighted by Crippen LogP contribution is 2.26. The predicted octanol–water partition coefficient (Wildman–Crippen LogP) is 1.44. The third-order valence-corrected chi connectivity index (χ3v) is 3.83. The summed E-state index contributed by atoms with van der Waals surface area (Å²) >= 11 is 1.67. The lowest BCUT2D eigenvalue weighted by molar-refractivity contribution is -0.404. The molecule has 122 valence electrons. The van der Waals surface area contributed by atoms with Crippen molar-refractivity contribution >= 4 is 11.8 Å². The minimum Gasteiger partial charge on any atom is -0.460 e. The molecule has 0 amide bonds. The Morgan fingerprint density at radius 2 is 2.27 bits per heavy atom. The quantitative estimate of drug-likeness (QED) is 0.399. The molecular formula is C13H19N3O5S. The van der Waals surface area contributed by atoms with Crippen LogP contribution in [-0.4, -0.2) is 37.5 Å². The number of hydrogen-bond donors (Lipinski definition) is 2. The monoisotopic (exact) mass is 329 g/mol. The molecule has 2 rings (SSSR count). The molecule has 0 aliphatic carbocycles. The Morgan fingerprint density at radius 1 is 1.50 bits per heavy atom. The molecule has 2 heterocycles. The van der Waals surface area contributed by atoms with Crippen molar-refractivity contribution in [1.82, 2.24) is 10.6 Å². The van der Waals surface area contributed by atoms with Crippen molar-refractivity contribution in [3.8, 4) is 0 Å². The van der Waals surface area contributed by atoms with Crippen molar-refractivity contribution in [1.29, 1.82) is 0 Å². The summed E-state index contributed by atoms with van der Waals surface area (Å²) in [5, 5.41) is 16.0. The van der Waals surface area contributed by atoms with Gasteiger partial charge in [0.1, 0.15) is 5.76 Å². The van der Waals surface area contributed by atoms with E-state index in [1.807, 2.05) is 12.1 Å². The molecule has 2 N–H and O–H groups in total. The number of nitrogens with one attached hydrogen (secondary N) is 2. The Kier molecular flexibility index (Phi) is 6.56. The number of thioether (sulfide) groups is 1. The molecule has 0 bridgehead atoms. The van der Waals surface area contributed by atoms with E-state index in [0.717, 1.165) is 23.5 Å². The Bertz CT molecular complexity index is 514. The second-order valence-corrected chi connectivity index (χ2v) is 5.54. The molecule has 0 saturated carbocycles. The van der Waals surface area contributed by atoms with Gasteiger partial charge in [0.15, 0.2) is 11.6 Å². The van der Waals surface area contributed by atoms with E-state index in [-0.39, 0.29) is 6.29 Å². The third-order valence-electron chi connectivity index (χ3n) is 2.85. The summed E-state index contributed by atoms with van der Waals surface area (Å²) in [6, 6.07) is 3.77. The smallest absolute Gasteiger partial charge is 0.274 e. The Morgan fingerprint density at radius 3 is 2.95 bits per heavy atom. The molecule has 1 fully saturated rings. The summed E-state index contributed by atoms with van der Waals surface area (Å²) in [6.45, 7) is 1.80. The Labute approximate surface area is 132 Å². The summed E-state index contributed by atoms with van der Waals surface area (Å²) in [5.41, 5.74) is 0. The van der Waals surface area contributed by atoms with Gasteiger partial charge in [-0.25, -0.2) is 0 Å². The first-order valence-electron chi connectivity index (χ1n) is 6.85. The van der Waals surface area contributed by atoms with Gasteiger partial charge in [-0.05, 0) is 12.1 Å². The first-order chi connectivity index (χ1) is 10.7. The van der Waals surface area contributed by atoms with Crippen molar-refractivity contribution in [2.24, 2.45) is 0 Å². The normalized spacial score (nSPS) is 16.0. The maximum absolute atomic E-state index is 10.4. The summed E-state index contributed by atoms with van der Waals surface area (Å²) in [6.07, 6.45) is 0.524. The molecule has 9 heteroatoms. The number of furan rings is 1. The lowest BCUT2D eigenvalue weighted by atomic mass is 10.4. The fraction of sp³-hybridized carbons (Fsp3) is 0.538. The topological polar surface area (TPSA) is 98.8 Å². The van der Waals surface area contributed by atoms with E-state index in [9.17, 15) is 10.1 Å². The van der Waals surface area contributed by atoms with Gasteiger partial charge >= 0.3 is 0 Å². The van der Waals surface area contributed by atoms with E-state index in [1.54, 1.807) is 18.8 Å². The molecule has 0 spiro atoms. The zero-order chi connectivity index (χ0) is 15.8. The van der Waals surface area contributed by atoms with Crippen molar-refractivity contribution in [3.05, 3.63) is 45.8 Å². The van der Waals surface area contributed by atoms with Crippen LogP contribution in [-0.2, 0) is 15.2 Å². The molecule has 0 radical (unpaired) electrons. The van der Waals surface area contributed by atoms with Gasteiger partial charge < -0.3 is 24.5 Å². The largest absolute Gasteiger partial charge is 0.460 e.